The molecule has 0 spiro atoms. The average molecular weight is 254 g/mol. The number of carbonyl (C=O) groups is 1. The van der Waals surface area contributed by atoms with E-state index in [0.29, 0.717) is 11.5 Å². The minimum Gasteiger partial charge on any atom is -0.322 e. The van der Waals surface area contributed by atoms with E-state index in [1.807, 2.05) is 31.2 Å². The third kappa shape index (κ3) is 2.99. The minimum absolute atomic E-state index is 0.112. The van der Waals surface area contributed by atoms with Gasteiger partial charge in [0.1, 0.15) is 0 Å². The first-order valence-electron chi connectivity index (χ1n) is 6.41. The molecule has 0 fully saturated rings. The lowest BCUT2D eigenvalue weighted by Crippen LogP contribution is -2.15. The smallest absolute Gasteiger partial charge is 0.257 e. The first kappa shape index (κ1) is 13.3. The van der Waals surface area contributed by atoms with Gasteiger partial charge in [-0.05, 0) is 36.6 Å². The third-order valence-electron chi connectivity index (χ3n) is 3.08. The molecular weight excluding hydrogens is 236 g/mol. The number of benzene rings is 1. The second kappa shape index (κ2) is 5.65. The first-order valence-corrected chi connectivity index (χ1v) is 6.41. The molecule has 0 aliphatic rings. The molecule has 98 valence electrons. The van der Waals surface area contributed by atoms with Crippen molar-refractivity contribution in [2.24, 2.45) is 0 Å². The van der Waals surface area contributed by atoms with E-state index < -0.39 is 0 Å². The van der Waals surface area contributed by atoms with Gasteiger partial charge in [-0.2, -0.15) is 0 Å². The van der Waals surface area contributed by atoms with Crippen LogP contribution in [0.3, 0.4) is 0 Å². The number of hydrogen-bond donors (Lipinski definition) is 1. The molecule has 1 amide bonds. The van der Waals surface area contributed by atoms with Gasteiger partial charge in [-0.15, -0.1) is 0 Å². The fourth-order valence-electron chi connectivity index (χ4n) is 2.03. The molecule has 0 saturated heterocycles. The average Bonchev–Trinajstić information content (AvgIpc) is 2.39. The van der Waals surface area contributed by atoms with Crippen molar-refractivity contribution < 1.29 is 4.79 Å². The number of para-hydroxylation sites is 1. The van der Waals surface area contributed by atoms with Gasteiger partial charge in [-0.3, -0.25) is 9.78 Å². The van der Waals surface area contributed by atoms with Gasteiger partial charge in [0.05, 0.1) is 5.56 Å². The molecule has 0 radical (unpaired) electrons. The van der Waals surface area contributed by atoms with E-state index in [1.54, 1.807) is 18.3 Å². The molecule has 0 saturated carbocycles. The Morgan fingerprint density at radius 3 is 2.58 bits per heavy atom. The largest absolute Gasteiger partial charge is 0.322 e. The summed E-state index contributed by atoms with van der Waals surface area (Å²) in [5.74, 6) is 0.255. The Balaban J connectivity index is 2.27. The minimum atomic E-state index is -0.112. The van der Waals surface area contributed by atoms with Gasteiger partial charge in [0.2, 0.25) is 0 Å². The molecule has 0 unspecified atom stereocenters. The van der Waals surface area contributed by atoms with Gasteiger partial charge in [-0.1, -0.05) is 32.0 Å². The van der Waals surface area contributed by atoms with E-state index in [0.717, 1.165) is 16.9 Å². The zero-order valence-electron chi connectivity index (χ0n) is 11.5. The number of aryl methyl sites for hydroxylation is 1. The van der Waals surface area contributed by atoms with Crippen LogP contribution in [0.25, 0.3) is 0 Å². The summed E-state index contributed by atoms with van der Waals surface area (Å²) in [6, 6.07) is 11.4. The van der Waals surface area contributed by atoms with E-state index >= 15 is 0 Å². The summed E-state index contributed by atoms with van der Waals surface area (Å²) in [5, 5.41) is 2.97. The van der Waals surface area contributed by atoms with Gasteiger partial charge in [0, 0.05) is 17.6 Å². The Hall–Kier alpha value is -2.16. The number of rotatable bonds is 3. The van der Waals surface area contributed by atoms with E-state index in [-0.39, 0.29) is 5.91 Å². The monoisotopic (exact) mass is 254 g/mol. The van der Waals surface area contributed by atoms with Crippen molar-refractivity contribution >= 4 is 11.6 Å². The summed E-state index contributed by atoms with van der Waals surface area (Å²) in [4.78, 5) is 16.4. The van der Waals surface area contributed by atoms with Crippen LogP contribution in [0.5, 0.6) is 0 Å². The zero-order chi connectivity index (χ0) is 13.8. The predicted octanol–water partition coefficient (Wildman–Crippen LogP) is 3.77. The molecule has 1 heterocycles. The highest BCUT2D eigenvalue weighted by Crippen LogP contribution is 2.24. The fraction of sp³-hybridized carbons (Fsp3) is 0.250. The zero-order valence-corrected chi connectivity index (χ0v) is 11.5. The number of anilines is 1. The summed E-state index contributed by atoms with van der Waals surface area (Å²) >= 11 is 0. The lowest BCUT2D eigenvalue weighted by molar-refractivity contribution is 0.102. The molecule has 19 heavy (non-hydrogen) atoms. The van der Waals surface area contributed by atoms with E-state index in [9.17, 15) is 4.79 Å². The Kier molecular flexibility index (Phi) is 3.95. The van der Waals surface area contributed by atoms with Crippen LogP contribution in [0.1, 0.15) is 41.4 Å². The van der Waals surface area contributed by atoms with Gasteiger partial charge in [-0.25, -0.2) is 0 Å². The Labute approximate surface area is 113 Å². The summed E-state index contributed by atoms with van der Waals surface area (Å²) in [5.41, 5.74) is 3.35. The topological polar surface area (TPSA) is 42.0 Å². The first-order chi connectivity index (χ1) is 9.09. The standard InChI is InChI=1S/C16H18N2O/c1-11(2)13-7-4-5-9-15(13)18-16(19)14-8-6-10-17-12(14)3/h4-11H,1-3H3,(H,18,19). The van der Waals surface area contributed by atoms with Crippen LogP contribution in [-0.4, -0.2) is 10.9 Å². The highest BCUT2D eigenvalue weighted by atomic mass is 16.1. The molecule has 0 atom stereocenters. The number of pyridine rings is 1. The van der Waals surface area contributed by atoms with Crippen molar-refractivity contribution in [3.63, 3.8) is 0 Å². The molecule has 2 rings (SSSR count). The van der Waals surface area contributed by atoms with E-state index in [4.69, 9.17) is 0 Å². The van der Waals surface area contributed by atoms with Crippen LogP contribution in [0, 0.1) is 6.92 Å². The molecule has 0 aliphatic heterocycles. The van der Waals surface area contributed by atoms with Crippen molar-refractivity contribution in [1.29, 1.82) is 0 Å². The molecule has 1 N–H and O–H groups in total. The second-order valence-electron chi connectivity index (χ2n) is 4.83. The fourth-order valence-corrected chi connectivity index (χ4v) is 2.03. The maximum absolute atomic E-state index is 12.3. The SMILES string of the molecule is Cc1ncccc1C(=O)Nc1ccccc1C(C)C. The summed E-state index contributed by atoms with van der Waals surface area (Å²) < 4.78 is 0. The number of hydrogen-bond acceptors (Lipinski definition) is 2. The quantitative estimate of drug-likeness (QED) is 0.906. The van der Waals surface area contributed by atoms with Crippen molar-refractivity contribution in [2.45, 2.75) is 26.7 Å². The number of carbonyl (C=O) groups excluding carboxylic acids is 1. The Morgan fingerprint density at radius 1 is 1.16 bits per heavy atom. The maximum atomic E-state index is 12.3. The van der Waals surface area contributed by atoms with Crippen LogP contribution in [-0.2, 0) is 0 Å². The number of aromatic nitrogens is 1. The van der Waals surface area contributed by atoms with Gasteiger partial charge in [0.15, 0.2) is 0 Å². The van der Waals surface area contributed by atoms with Gasteiger partial charge < -0.3 is 5.32 Å². The summed E-state index contributed by atoms with van der Waals surface area (Å²) in [6.45, 7) is 6.06. The molecule has 2 aromatic rings. The van der Waals surface area contributed by atoms with Crippen molar-refractivity contribution in [3.05, 3.63) is 59.4 Å². The van der Waals surface area contributed by atoms with Gasteiger partial charge >= 0.3 is 0 Å². The van der Waals surface area contributed by atoms with Crippen LogP contribution >= 0.6 is 0 Å². The molecule has 3 nitrogen and oxygen atoms in total. The lowest BCUT2D eigenvalue weighted by Gasteiger charge is -2.14. The molecule has 0 aliphatic carbocycles. The lowest BCUT2D eigenvalue weighted by atomic mass is 10.0. The molecule has 3 heteroatoms. The molecule has 0 bridgehead atoms. The van der Waals surface area contributed by atoms with Crippen LogP contribution in [0.2, 0.25) is 0 Å². The molecular formula is C16H18N2O. The highest BCUT2D eigenvalue weighted by Gasteiger charge is 2.12. The van der Waals surface area contributed by atoms with Crippen LogP contribution < -0.4 is 5.32 Å². The number of nitrogens with one attached hydrogen (secondary N) is 1. The number of nitrogens with zero attached hydrogens (tertiary/aromatic N) is 1. The number of amides is 1. The Morgan fingerprint density at radius 2 is 1.89 bits per heavy atom. The third-order valence-corrected chi connectivity index (χ3v) is 3.08. The van der Waals surface area contributed by atoms with Crippen molar-refractivity contribution in [1.82, 2.24) is 4.98 Å². The van der Waals surface area contributed by atoms with Crippen LogP contribution in [0.4, 0.5) is 5.69 Å². The summed E-state index contributed by atoms with van der Waals surface area (Å²) in [6.07, 6.45) is 1.69. The normalized spacial score (nSPS) is 10.5. The van der Waals surface area contributed by atoms with Gasteiger partial charge in [0.25, 0.3) is 5.91 Å². The maximum Gasteiger partial charge on any atom is 0.257 e. The van der Waals surface area contributed by atoms with E-state index in [1.165, 1.54) is 0 Å². The molecule has 1 aromatic carbocycles. The van der Waals surface area contributed by atoms with E-state index in [2.05, 4.69) is 24.1 Å². The second-order valence-corrected chi connectivity index (χ2v) is 4.83. The predicted molar refractivity (Wildman–Crippen MR) is 77.5 cm³/mol. The highest BCUT2D eigenvalue weighted by molar-refractivity contribution is 6.05. The summed E-state index contributed by atoms with van der Waals surface area (Å²) in [7, 11) is 0. The Bertz CT molecular complexity index is 591. The van der Waals surface area contributed by atoms with Crippen molar-refractivity contribution in [3.8, 4) is 0 Å². The van der Waals surface area contributed by atoms with Crippen molar-refractivity contribution in [2.75, 3.05) is 5.32 Å². The molecule has 1 aromatic heterocycles. The van der Waals surface area contributed by atoms with Crippen LogP contribution in [0.15, 0.2) is 42.6 Å².